The first-order chi connectivity index (χ1) is 9.54. The fourth-order valence-corrected chi connectivity index (χ4v) is 2.35. The normalized spacial score (nSPS) is 17.5. The third-order valence-electron chi connectivity index (χ3n) is 3.82. The predicted molar refractivity (Wildman–Crippen MR) is 82.9 cm³/mol. The van der Waals surface area contributed by atoms with Gasteiger partial charge in [-0.05, 0) is 18.1 Å². The van der Waals surface area contributed by atoms with Crippen LogP contribution in [0.15, 0.2) is 29.3 Å². The smallest absolute Gasteiger partial charge is 0.193 e. The second kappa shape index (κ2) is 6.27. The fourth-order valence-electron chi connectivity index (χ4n) is 2.35. The summed E-state index contributed by atoms with van der Waals surface area (Å²) in [6.45, 7) is 7.80. The van der Waals surface area contributed by atoms with E-state index in [2.05, 4.69) is 60.4 Å². The molecule has 4 heteroatoms. The highest BCUT2D eigenvalue weighted by atomic mass is 16.5. The van der Waals surface area contributed by atoms with Gasteiger partial charge >= 0.3 is 0 Å². The molecule has 1 aromatic rings. The summed E-state index contributed by atoms with van der Waals surface area (Å²) in [5.41, 5.74) is 2.89. The number of aliphatic imine (C=N–C) groups is 1. The lowest BCUT2D eigenvalue weighted by Gasteiger charge is -2.39. The zero-order chi connectivity index (χ0) is 14.6. The van der Waals surface area contributed by atoms with Crippen LogP contribution < -0.4 is 5.32 Å². The standard InChI is InChI=1S/C16H25N3O/c1-13-7-5-6-8-14(13)9-19(4)15(17-3)18-10-16(2)11-20-12-16/h5-8H,9-12H2,1-4H3,(H,17,18). The molecular formula is C16H25N3O. The van der Waals surface area contributed by atoms with Gasteiger partial charge in [-0.1, -0.05) is 31.2 Å². The largest absolute Gasteiger partial charge is 0.380 e. The van der Waals surface area contributed by atoms with Crippen molar-refractivity contribution in [2.45, 2.75) is 20.4 Å². The van der Waals surface area contributed by atoms with Crippen molar-refractivity contribution in [2.75, 3.05) is 33.9 Å². The summed E-state index contributed by atoms with van der Waals surface area (Å²) >= 11 is 0. The number of ether oxygens (including phenoxy) is 1. The van der Waals surface area contributed by atoms with Crippen LogP contribution in [0.4, 0.5) is 0 Å². The van der Waals surface area contributed by atoms with Crippen LogP contribution in [0.2, 0.25) is 0 Å². The summed E-state index contributed by atoms with van der Waals surface area (Å²) in [5, 5.41) is 3.45. The van der Waals surface area contributed by atoms with E-state index in [1.807, 2.05) is 7.05 Å². The van der Waals surface area contributed by atoms with Gasteiger partial charge in [0.15, 0.2) is 5.96 Å². The van der Waals surface area contributed by atoms with Crippen LogP contribution in [0.25, 0.3) is 0 Å². The van der Waals surface area contributed by atoms with Crippen molar-refractivity contribution < 1.29 is 4.74 Å². The second-order valence-corrected chi connectivity index (χ2v) is 5.99. The number of hydrogen-bond acceptors (Lipinski definition) is 2. The molecule has 0 aromatic heterocycles. The number of nitrogens with one attached hydrogen (secondary N) is 1. The number of rotatable bonds is 4. The van der Waals surface area contributed by atoms with Crippen LogP contribution >= 0.6 is 0 Å². The number of hydrogen-bond donors (Lipinski definition) is 1. The Morgan fingerprint density at radius 1 is 1.40 bits per heavy atom. The van der Waals surface area contributed by atoms with Gasteiger partial charge in [-0.3, -0.25) is 4.99 Å². The van der Waals surface area contributed by atoms with Crippen LogP contribution in [0, 0.1) is 12.3 Å². The Hall–Kier alpha value is -1.55. The molecule has 1 aromatic carbocycles. The zero-order valence-electron chi connectivity index (χ0n) is 12.9. The molecule has 0 atom stereocenters. The number of aryl methyl sites for hydroxylation is 1. The molecule has 4 nitrogen and oxygen atoms in total. The van der Waals surface area contributed by atoms with Gasteiger partial charge in [-0.15, -0.1) is 0 Å². The number of guanidine groups is 1. The first-order valence-electron chi connectivity index (χ1n) is 7.08. The monoisotopic (exact) mass is 275 g/mol. The molecule has 1 saturated heterocycles. The molecule has 2 rings (SSSR count). The maximum absolute atomic E-state index is 5.28. The van der Waals surface area contributed by atoms with E-state index in [0.717, 1.165) is 32.3 Å². The highest BCUT2D eigenvalue weighted by molar-refractivity contribution is 5.79. The van der Waals surface area contributed by atoms with E-state index in [1.165, 1.54) is 11.1 Å². The summed E-state index contributed by atoms with van der Waals surface area (Å²) in [7, 11) is 3.90. The molecule has 1 heterocycles. The van der Waals surface area contributed by atoms with Crippen molar-refractivity contribution in [3.05, 3.63) is 35.4 Å². The van der Waals surface area contributed by atoms with Crippen molar-refractivity contribution >= 4 is 5.96 Å². The van der Waals surface area contributed by atoms with Gasteiger partial charge in [-0.2, -0.15) is 0 Å². The highest BCUT2D eigenvalue weighted by Gasteiger charge is 2.33. The lowest BCUT2D eigenvalue weighted by Crippen LogP contribution is -2.51. The minimum atomic E-state index is 0.249. The Balaban J connectivity index is 1.92. The summed E-state index contributed by atoms with van der Waals surface area (Å²) in [6.07, 6.45) is 0. The van der Waals surface area contributed by atoms with Crippen LogP contribution in [0.5, 0.6) is 0 Å². The Bertz CT molecular complexity index is 480. The molecule has 0 aliphatic carbocycles. The molecule has 1 aliphatic heterocycles. The van der Waals surface area contributed by atoms with E-state index in [0.29, 0.717) is 0 Å². The minimum Gasteiger partial charge on any atom is -0.380 e. The van der Waals surface area contributed by atoms with Crippen molar-refractivity contribution in [3.8, 4) is 0 Å². The SMILES string of the molecule is CN=C(NCC1(C)COC1)N(C)Cc1ccccc1C. The van der Waals surface area contributed by atoms with Crippen LogP contribution in [0.3, 0.4) is 0 Å². The van der Waals surface area contributed by atoms with E-state index in [1.54, 1.807) is 0 Å². The van der Waals surface area contributed by atoms with Crippen molar-refractivity contribution in [1.82, 2.24) is 10.2 Å². The van der Waals surface area contributed by atoms with Gasteiger partial charge in [0, 0.05) is 32.6 Å². The molecule has 1 N–H and O–H groups in total. The average Bonchev–Trinajstić information content (AvgIpc) is 2.40. The Kier molecular flexibility index (Phi) is 4.65. The van der Waals surface area contributed by atoms with Gasteiger partial charge < -0.3 is 15.0 Å². The van der Waals surface area contributed by atoms with E-state index < -0.39 is 0 Å². The lowest BCUT2D eigenvalue weighted by molar-refractivity contribution is -0.0972. The molecule has 110 valence electrons. The third kappa shape index (κ3) is 3.51. The Morgan fingerprint density at radius 2 is 2.10 bits per heavy atom. The molecule has 1 fully saturated rings. The minimum absolute atomic E-state index is 0.249. The van der Waals surface area contributed by atoms with Crippen molar-refractivity contribution in [2.24, 2.45) is 10.4 Å². The molecule has 0 spiro atoms. The molecule has 0 amide bonds. The summed E-state index contributed by atoms with van der Waals surface area (Å²) < 4.78 is 5.28. The van der Waals surface area contributed by atoms with Crippen LogP contribution in [0.1, 0.15) is 18.1 Å². The van der Waals surface area contributed by atoms with Crippen LogP contribution in [-0.4, -0.2) is 44.7 Å². The average molecular weight is 275 g/mol. The van der Waals surface area contributed by atoms with Gasteiger partial charge in [0.05, 0.1) is 13.2 Å². The molecular weight excluding hydrogens is 250 g/mol. The zero-order valence-corrected chi connectivity index (χ0v) is 12.9. The first-order valence-corrected chi connectivity index (χ1v) is 7.08. The first kappa shape index (κ1) is 14.9. The molecule has 20 heavy (non-hydrogen) atoms. The Labute approximate surface area is 121 Å². The second-order valence-electron chi connectivity index (χ2n) is 5.99. The van der Waals surface area contributed by atoms with Crippen molar-refractivity contribution in [1.29, 1.82) is 0 Å². The molecule has 1 aliphatic rings. The van der Waals surface area contributed by atoms with Crippen molar-refractivity contribution in [3.63, 3.8) is 0 Å². The number of nitrogens with zero attached hydrogens (tertiary/aromatic N) is 2. The molecule has 0 saturated carbocycles. The van der Waals surface area contributed by atoms with E-state index in [4.69, 9.17) is 4.74 Å². The van der Waals surface area contributed by atoms with Gasteiger partial charge in [-0.25, -0.2) is 0 Å². The van der Waals surface area contributed by atoms with E-state index >= 15 is 0 Å². The quantitative estimate of drug-likeness (QED) is 0.675. The van der Waals surface area contributed by atoms with Gasteiger partial charge in [0.2, 0.25) is 0 Å². The molecule has 0 radical (unpaired) electrons. The highest BCUT2D eigenvalue weighted by Crippen LogP contribution is 2.25. The number of benzene rings is 1. The summed E-state index contributed by atoms with van der Waals surface area (Å²) in [5.74, 6) is 0.932. The van der Waals surface area contributed by atoms with E-state index in [-0.39, 0.29) is 5.41 Å². The summed E-state index contributed by atoms with van der Waals surface area (Å²) in [6, 6.07) is 8.47. The predicted octanol–water partition coefficient (Wildman–Crippen LogP) is 2.04. The molecule has 0 bridgehead atoms. The van der Waals surface area contributed by atoms with Gasteiger partial charge in [0.25, 0.3) is 0 Å². The maximum Gasteiger partial charge on any atom is 0.193 e. The summed E-state index contributed by atoms with van der Waals surface area (Å²) in [4.78, 5) is 6.52. The maximum atomic E-state index is 5.28. The fraction of sp³-hybridized carbons (Fsp3) is 0.562. The van der Waals surface area contributed by atoms with Gasteiger partial charge in [0.1, 0.15) is 0 Å². The Morgan fingerprint density at radius 3 is 2.65 bits per heavy atom. The lowest BCUT2D eigenvalue weighted by atomic mass is 9.89. The topological polar surface area (TPSA) is 36.9 Å². The molecule has 0 unspecified atom stereocenters. The third-order valence-corrected chi connectivity index (χ3v) is 3.82. The van der Waals surface area contributed by atoms with E-state index in [9.17, 15) is 0 Å². The van der Waals surface area contributed by atoms with Crippen LogP contribution in [-0.2, 0) is 11.3 Å².